The first kappa shape index (κ1) is 11.0. The van der Waals surface area contributed by atoms with Crippen molar-refractivity contribution < 1.29 is 4.74 Å². The molecule has 0 aliphatic heterocycles. The summed E-state index contributed by atoms with van der Waals surface area (Å²) in [6, 6.07) is 6.35. The number of rotatable bonds is 2. The molecule has 1 fully saturated rings. The largest absolute Gasteiger partial charge is 0.497 e. The van der Waals surface area contributed by atoms with Gasteiger partial charge in [0.15, 0.2) is 0 Å². The predicted molar refractivity (Wildman–Crippen MR) is 65.2 cm³/mol. The molecule has 0 amide bonds. The fourth-order valence-electron chi connectivity index (χ4n) is 2.16. The van der Waals surface area contributed by atoms with Crippen LogP contribution in [-0.4, -0.2) is 13.2 Å². The lowest BCUT2D eigenvalue weighted by atomic mass is 10.0. The van der Waals surface area contributed by atoms with Crippen molar-refractivity contribution in [3.05, 3.63) is 28.2 Å². The van der Waals surface area contributed by atoms with Crippen molar-refractivity contribution in [1.29, 1.82) is 0 Å². The first-order chi connectivity index (χ1) is 6.98. The van der Waals surface area contributed by atoms with Crippen molar-refractivity contribution in [3.8, 4) is 5.75 Å². The van der Waals surface area contributed by atoms with Gasteiger partial charge in [-0.25, -0.2) is 0 Å². The molecule has 0 heterocycles. The van der Waals surface area contributed by atoms with Crippen molar-refractivity contribution >= 4 is 15.9 Å². The topological polar surface area (TPSA) is 35.2 Å². The number of nitrogens with two attached hydrogens (primary N) is 1. The van der Waals surface area contributed by atoms with Gasteiger partial charge in [0.05, 0.1) is 7.11 Å². The monoisotopic (exact) mass is 269 g/mol. The number of methoxy groups -OCH3 is 1. The normalized spacial score (nSPS) is 27.5. The van der Waals surface area contributed by atoms with Gasteiger partial charge in [0.2, 0.25) is 0 Å². The minimum absolute atomic E-state index is 0.219. The summed E-state index contributed by atoms with van der Waals surface area (Å²) in [4.78, 5) is 0. The molecule has 3 heteroatoms. The third-order valence-electron chi connectivity index (χ3n) is 3.45. The number of ether oxygens (including phenoxy) is 1. The first-order valence-electron chi connectivity index (χ1n) is 5.07. The second-order valence-electron chi connectivity index (χ2n) is 4.71. The molecule has 0 aromatic heterocycles. The molecule has 1 saturated carbocycles. The second-order valence-corrected chi connectivity index (χ2v) is 5.57. The minimum Gasteiger partial charge on any atom is -0.497 e. The van der Waals surface area contributed by atoms with Crippen LogP contribution in [0.1, 0.15) is 25.3 Å². The molecule has 2 nitrogen and oxygen atoms in total. The maximum absolute atomic E-state index is 6.06. The Morgan fingerprint density at radius 1 is 1.40 bits per heavy atom. The van der Waals surface area contributed by atoms with Crippen LogP contribution in [0.2, 0.25) is 0 Å². The lowest BCUT2D eigenvalue weighted by molar-refractivity contribution is 0.414. The van der Waals surface area contributed by atoms with E-state index in [1.165, 1.54) is 5.56 Å². The summed E-state index contributed by atoms with van der Waals surface area (Å²) in [5.41, 5.74) is 7.57. The van der Waals surface area contributed by atoms with Crippen LogP contribution in [0, 0.1) is 5.41 Å². The number of hydrogen-bond donors (Lipinski definition) is 1. The smallest absolute Gasteiger partial charge is 0.120 e. The van der Waals surface area contributed by atoms with Crippen LogP contribution < -0.4 is 10.5 Å². The van der Waals surface area contributed by atoms with Crippen molar-refractivity contribution in [2.24, 2.45) is 11.1 Å². The van der Waals surface area contributed by atoms with E-state index in [1.54, 1.807) is 7.11 Å². The molecule has 0 saturated heterocycles. The van der Waals surface area contributed by atoms with E-state index >= 15 is 0 Å². The molecule has 2 atom stereocenters. The van der Waals surface area contributed by atoms with Crippen LogP contribution in [0.15, 0.2) is 22.7 Å². The first-order valence-corrected chi connectivity index (χ1v) is 5.87. The Balaban J connectivity index is 2.32. The van der Waals surface area contributed by atoms with E-state index < -0.39 is 0 Å². The lowest BCUT2D eigenvalue weighted by Gasteiger charge is -2.07. The highest BCUT2D eigenvalue weighted by Gasteiger charge is 2.56. The van der Waals surface area contributed by atoms with Gasteiger partial charge in [-0.3, -0.25) is 0 Å². The molecular formula is C12H16BrNO. The highest BCUT2D eigenvalue weighted by atomic mass is 79.9. The molecule has 1 aliphatic carbocycles. The summed E-state index contributed by atoms with van der Waals surface area (Å²) in [6.45, 7) is 4.41. The van der Waals surface area contributed by atoms with E-state index in [0.29, 0.717) is 5.92 Å². The van der Waals surface area contributed by atoms with Gasteiger partial charge in [-0.15, -0.1) is 0 Å². The second kappa shape index (κ2) is 3.49. The van der Waals surface area contributed by atoms with Gasteiger partial charge in [-0.1, -0.05) is 35.8 Å². The van der Waals surface area contributed by atoms with E-state index in [4.69, 9.17) is 10.5 Å². The lowest BCUT2D eigenvalue weighted by Crippen LogP contribution is -2.06. The molecule has 2 N–H and O–H groups in total. The van der Waals surface area contributed by atoms with Crippen LogP contribution in [0.3, 0.4) is 0 Å². The zero-order valence-corrected chi connectivity index (χ0v) is 10.8. The van der Waals surface area contributed by atoms with E-state index in [9.17, 15) is 0 Å². The van der Waals surface area contributed by atoms with Gasteiger partial charge >= 0.3 is 0 Å². The summed E-state index contributed by atoms with van der Waals surface area (Å²) < 4.78 is 6.26. The molecule has 0 bridgehead atoms. The zero-order chi connectivity index (χ0) is 11.2. The number of halogens is 1. The molecule has 0 radical (unpaired) electrons. The van der Waals surface area contributed by atoms with Crippen molar-refractivity contribution in [1.82, 2.24) is 0 Å². The molecule has 82 valence electrons. The van der Waals surface area contributed by atoms with Crippen molar-refractivity contribution in [3.63, 3.8) is 0 Å². The summed E-state index contributed by atoms with van der Waals surface area (Å²) >= 11 is 3.57. The van der Waals surface area contributed by atoms with E-state index in [1.807, 2.05) is 12.1 Å². The Hall–Kier alpha value is -0.540. The fourth-order valence-corrected chi connectivity index (χ4v) is 2.76. The summed E-state index contributed by atoms with van der Waals surface area (Å²) in [5, 5.41) is 0. The summed E-state index contributed by atoms with van der Waals surface area (Å²) in [6.07, 6.45) is 0. The maximum Gasteiger partial charge on any atom is 0.120 e. The summed E-state index contributed by atoms with van der Waals surface area (Å²) in [7, 11) is 1.67. The zero-order valence-electron chi connectivity index (χ0n) is 9.25. The Morgan fingerprint density at radius 3 is 2.40 bits per heavy atom. The predicted octanol–water partition coefficient (Wildman–Crippen LogP) is 2.91. The molecule has 0 spiro atoms. The molecule has 1 aromatic carbocycles. The van der Waals surface area contributed by atoms with Crippen LogP contribution in [-0.2, 0) is 0 Å². The van der Waals surface area contributed by atoms with E-state index in [2.05, 4.69) is 35.8 Å². The molecule has 0 unspecified atom stereocenters. The average Bonchev–Trinajstić information content (AvgIpc) is 2.67. The van der Waals surface area contributed by atoms with Crippen LogP contribution in [0.25, 0.3) is 0 Å². The van der Waals surface area contributed by atoms with Crippen LogP contribution in [0.5, 0.6) is 5.75 Å². The van der Waals surface area contributed by atoms with Gasteiger partial charge in [-0.05, 0) is 23.1 Å². The highest BCUT2D eigenvalue weighted by Crippen LogP contribution is 2.58. The van der Waals surface area contributed by atoms with Gasteiger partial charge in [0.1, 0.15) is 5.75 Å². The van der Waals surface area contributed by atoms with Crippen molar-refractivity contribution in [2.75, 3.05) is 7.11 Å². The van der Waals surface area contributed by atoms with Gasteiger partial charge in [0, 0.05) is 16.4 Å². The molecule has 15 heavy (non-hydrogen) atoms. The fraction of sp³-hybridized carbons (Fsp3) is 0.500. The minimum atomic E-state index is 0.219. The van der Waals surface area contributed by atoms with Crippen molar-refractivity contribution in [2.45, 2.75) is 25.8 Å². The SMILES string of the molecule is COc1ccc([C@@H]2[C@@H](N)C2(C)C)c(Br)c1. The maximum atomic E-state index is 6.06. The Labute approximate surface area is 98.9 Å². The van der Waals surface area contributed by atoms with Gasteiger partial charge in [-0.2, -0.15) is 0 Å². The summed E-state index contributed by atoms with van der Waals surface area (Å²) in [5.74, 6) is 1.33. The Morgan fingerprint density at radius 2 is 2.00 bits per heavy atom. The van der Waals surface area contributed by atoms with E-state index in [-0.39, 0.29) is 11.5 Å². The van der Waals surface area contributed by atoms with Gasteiger partial charge < -0.3 is 10.5 Å². The number of hydrogen-bond acceptors (Lipinski definition) is 2. The molecule has 1 aromatic rings. The Kier molecular flexibility index (Phi) is 2.55. The molecular weight excluding hydrogens is 254 g/mol. The number of benzene rings is 1. The highest BCUT2D eigenvalue weighted by molar-refractivity contribution is 9.10. The van der Waals surface area contributed by atoms with E-state index in [0.717, 1.165) is 10.2 Å². The van der Waals surface area contributed by atoms with Crippen LogP contribution >= 0.6 is 15.9 Å². The quantitative estimate of drug-likeness (QED) is 0.896. The standard InChI is InChI=1S/C12H16BrNO/c1-12(2)10(11(12)14)8-5-4-7(15-3)6-9(8)13/h4-6,10-11H,14H2,1-3H3/t10-,11-/m1/s1. The third-order valence-corrected chi connectivity index (χ3v) is 4.14. The Bertz CT molecular complexity index is 389. The molecule has 1 aliphatic rings. The molecule has 2 rings (SSSR count). The third kappa shape index (κ3) is 1.68. The average molecular weight is 270 g/mol. The van der Waals surface area contributed by atoms with Crippen LogP contribution in [0.4, 0.5) is 0 Å². The van der Waals surface area contributed by atoms with Gasteiger partial charge in [0.25, 0.3) is 0 Å².